The van der Waals surface area contributed by atoms with E-state index in [0.717, 1.165) is 6.20 Å². The van der Waals surface area contributed by atoms with Crippen molar-refractivity contribution in [2.24, 2.45) is 0 Å². The molecule has 2 aromatic carbocycles. The molecular weight excluding hydrogens is 355 g/mol. The molecule has 3 rings (SSSR count). The van der Waals surface area contributed by atoms with Crippen LogP contribution in [0.15, 0.2) is 48.7 Å². The number of nitrogens with zero attached hydrogens (tertiary/aromatic N) is 2. The normalized spacial score (nSPS) is 10.3. The first-order valence-electron chi connectivity index (χ1n) is 7.73. The smallest absolute Gasteiger partial charge is 0.339 e. The molecule has 8 nitrogen and oxygen atoms in total. The minimum atomic E-state index is -1.15. The lowest BCUT2D eigenvalue weighted by Gasteiger charge is -2.11. The van der Waals surface area contributed by atoms with Gasteiger partial charge in [0.05, 0.1) is 13.3 Å². The van der Waals surface area contributed by atoms with Crippen LogP contribution in [0.1, 0.15) is 10.4 Å². The van der Waals surface area contributed by atoms with E-state index >= 15 is 0 Å². The van der Waals surface area contributed by atoms with E-state index in [9.17, 15) is 19.4 Å². The lowest BCUT2D eigenvalue weighted by Crippen LogP contribution is -2.05. The van der Waals surface area contributed by atoms with Crippen molar-refractivity contribution in [3.05, 3.63) is 60.0 Å². The van der Waals surface area contributed by atoms with E-state index < -0.39 is 11.8 Å². The van der Waals surface area contributed by atoms with Gasteiger partial charge in [-0.2, -0.15) is 4.98 Å². The second kappa shape index (κ2) is 7.56. The van der Waals surface area contributed by atoms with Crippen LogP contribution in [0.5, 0.6) is 11.5 Å². The molecule has 0 aliphatic rings. The highest BCUT2D eigenvalue weighted by atomic mass is 19.1. The molecule has 0 spiro atoms. The quantitative estimate of drug-likeness (QED) is 0.521. The summed E-state index contributed by atoms with van der Waals surface area (Å²) in [5, 5.41) is 24.3. The Labute approximate surface area is 153 Å². The number of phenols is 1. The van der Waals surface area contributed by atoms with Crippen molar-refractivity contribution >= 4 is 29.1 Å². The summed E-state index contributed by atoms with van der Waals surface area (Å²) in [5.74, 6) is -1.66. The predicted molar refractivity (Wildman–Crippen MR) is 96.6 cm³/mol. The first-order valence-corrected chi connectivity index (χ1v) is 7.73. The van der Waals surface area contributed by atoms with Gasteiger partial charge in [-0.25, -0.2) is 14.2 Å². The van der Waals surface area contributed by atoms with Crippen LogP contribution in [0.3, 0.4) is 0 Å². The molecule has 0 fully saturated rings. The van der Waals surface area contributed by atoms with Crippen molar-refractivity contribution in [3.8, 4) is 11.5 Å². The van der Waals surface area contributed by atoms with E-state index in [-0.39, 0.29) is 28.8 Å². The maximum Gasteiger partial charge on any atom is 0.339 e. The molecule has 3 aromatic rings. The monoisotopic (exact) mass is 370 g/mol. The lowest BCUT2D eigenvalue weighted by atomic mass is 10.2. The highest BCUT2D eigenvalue weighted by Crippen LogP contribution is 2.26. The van der Waals surface area contributed by atoms with E-state index in [1.807, 2.05) is 0 Å². The van der Waals surface area contributed by atoms with Crippen molar-refractivity contribution in [2.45, 2.75) is 0 Å². The first kappa shape index (κ1) is 17.9. The Morgan fingerprint density at radius 1 is 1.15 bits per heavy atom. The number of aromatic nitrogens is 2. The van der Waals surface area contributed by atoms with Crippen molar-refractivity contribution in [2.75, 3.05) is 17.7 Å². The van der Waals surface area contributed by atoms with Crippen LogP contribution in [-0.2, 0) is 0 Å². The van der Waals surface area contributed by atoms with E-state index in [1.54, 1.807) is 18.2 Å². The second-order valence-electron chi connectivity index (χ2n) is 5.41. The number of nitrogens with one attached hydrogen (secondary N) is 2. The van der Waals surface area contributed by atoms with Crippen LogP contribution in [0.2, 0.25) is 0 Å². The number of aromatic hydroxyl groups is 1. The fourth-order valence-electron chi connectivity index (χ4n) is 2.32. The standard InChI is InChI=1S/C18H15FN4O4/c1-27-15-6-5-11(8-13(15)17(25)26)22-18-20-9-14(19)16(23-18)21-10-3-2-4-12(24)7-10/h2-9,24H,1H3,(H,25,26)(H2,20,21,22,23). The minimum absolute atomic E-state index is 0.0206. The Hall–Kier alpha value is -3.88. The first-order chi connectivity index (χ1) is 13.0. The Morgan fingerprint density at radius 2 is 1.93 bits per heavy atom. The third-order valence-electron chi connectivity index (χ3n) is 3.54. The van der Waals surface area contributed by atoms with Crippen molar-refractivity contribution in [1.29, 1.82) is 0 Å². The molecule has 27 heavy (non-hydrogen) atoms. The number of benzene rings is 2. The molecule has 0 aliphatic heterocycles. The number of aromatic carboxylic acids is 1. The Morgan fingerprint density at radius 3 is 2.63 bits per heavy atom. The summed E-state index contributed by atoms with van der Waals surface area (Å²) in [4.78, 5) is 19.2. The molecule has 0 saturated heterocycles. The SMILES string of the molecule is COc1ccc(Nc2ncc(F)c(Nc3cccc(O)c3)n2)cc1C(=O)O. The van der Waals surface area contributed by atoms with Gasteiger partial charge in [0.1, 0.15) is 17.1 Å². The van der Waals surface area contributed by atoms with E-state index in [1.165, 1.54) is 31.4 Å². The lowest BCUT2D eigenvalue weighted by molar-refractivity contribution is 0.0693. The maximum atomic E-state index is 14.0. The summed E-state index contributed by atoms with van der Waals surface area (Å²) in [7, 11) is 1.37. The van der Waals surface area contributed by atoms with E-state index in [0.29, 0.717) is 11.4 Å². The number of hydrogen-bond donors (Lipinski definition) is 4. The van der Waals surface area contributed by atoms with Crippen molar-refractivity contribution in [3.63, 3.8) is 0 Å². The van der Waals surface area contributed by atoms with Crippen LogP contribution in [0, 0.1) is 5.82 Å². The number of rotatable bonds is 6. The van der Waals surface area contributed by atoms with Gasteiger partial charge in [-0.15, -0.1) is 0 Å². The average Bonchev–Trinajstić information content (AvgIpc) is 2.64. The van der Waals surface area contributed by atoms with E-state index in [4.69, 9.17) is 4.74 Å². The molecule has 0 bridgehead atoms. The zero-order valence-corrected chi connectivity index (χ0v) is 14.1. The molecule has 138 valence electrons. The number of hydrogen-bond acceptors (Lipinski definition) is 7. The van der Waals surface area contributed by atoms with Crippen LogP contribution in [-0.4, -0.2) is 33.3 Å². The van der Waals surface area contributed by atoms with E-state index in [2.05, 4.69) is 20.6 Å². The molecular formula is C18H15FN4O4. The summed E-state index contributed by atoms with van der Waals surface area (Å²) in [5.41, 5.74) is 0.794. The fraction of sp³-hybridized carbons (Fsp3) is 0.0556. The average molecular weight is 370 g/mol. The van der Waals surface area contributed by atoms with Gasteiger partial charge >= 0.3 is 5.97 Å². The van der Waals surface area contributed by atoms with Crippen LogP contribution < -0.4 is 15.4 Å². The Bertz CT molecular complexity index is 997. The summed E-state index contributed by atoms with van der Waals surface area (Å²) < 4.78 is 19.0. The van der Waals surface area contributed by atoms with Crippen molar-refractivity contribution < 1.29 is 24.1 Å². The van der Waals surface area contributed by atoms with Gasteiger partial charge in [-0.05, 0) is 30.3 Å². The zero-order chi connectivity index (χ0) is 19.4. The van der Waals surface area contributed by atoms with Gasteiger partial charge in [-0.3, -0.25) is 0 Å². The number of carboxylic acid groups (broad SMARTS) is 1. The Balaban J connectivity index is 1.86. The van der Waals surface area contributed by atoms with Gasteiger partial charge in [0.15, 0.2) is 11.6 Å². The van der Waals surface area contributed by atoms with Gasteiger partial charge in [-0.1, -0.05) is 6.07 Å². The summed E-state index contributed by atoms with van der Waals surface area (Å²) in [6.45, 7) is 0. The zero-order valence-electron chi connectivity index (χ0n) is 14.1. The number of carboxylic acids is 1. The van der Waals surface area contributed by atoms with Gasteiger partial charge < -0.3 is 25.6 Å². The largest absolute Gasteiger partial charge is 0.508 e. The number of phenolic OH excluding ortho intramolecular Hbond substituents is 1. The highest BCUT2D eigenvalue weighted by molar-refractivity contribution is 5.92. The minimum Gasteiger partial charge on any atom is -0.508 e. The molecule has 9 heteroatoms. The van der Waals surface area contributed by atoms with Crippen LogP contribution >= 0.6 is 0 Å². The second-order valence-corrected chi connectivity index (χ2v) is 5.41. The number of carbonyl (C=O) groups is 1. The molecule has 0 aliphatic carbocycles. The molecule has 0 saturated carbocycles. The Kier molecular flexibility index (Phi) is 5.02. The molecule has 0 amide bonds. The van der Waals surface area contributed by atoms with Gasteiger partial charge in [0.25, 0.3) is 0 Å². The fourth-order valence-corrected chi connectivity index (χ4v) is 2.32. The van der Waals surface area contributed by atoms with Crippen LogP contribution in [0.25, 0.3) is 0 Å². The molecule has 0 radical (unpaired) electrons. The molecule has 1 aromatic heterocycles. The molecule has 1 heterocycles. The molecule has 0 atom stereocenters. The van der Waals surface area contributed by atoms with Crippen LogP contribution in [0.4, 0.5) is 27.5 Å². The van der Waals surface area contributed by atoms with Crippen molar-refractivity contribution in [1.82, 2.24) is 9.97 Å². The maximum absolute atomic E-state index is 14.0. The molecule has 0 unspecified atom stereocenters. The number of anilines is 4. The van der Waals surface area contributed by atoms with Gasteiger partial charge in [0.2, 0.25) is 5.95 Å². The summed E-state index contributed by atoms with van der Waals surface area (Å²) >= 11 is 0. The third kappa shape index (κ3) is 4.21. The topological polar surface area (TPSA) is 117 Å². The summed E-state index contributed by atoms with van der Waals surface area (Å²) in [6.07, 6.45) is 0.974. The summed E-state index contributed by atoms with van der Waals surface area (Å²) in [6, 6.07) is 10.6. The predicted octanol–water partition coefficient (Wildman–Crippen LogP) is 3.52. The third-order valence-corrected chi connectivity index (χ3v) is 3.54. The number of halogens is 1. The highest BCUT2D eigenvalue weighted by Gasteiger charge is 2.13. The molecule has 4 N–H and O–H groups in total. The number of ether oxygens (including phenoxy) is 1. The van der Waals surface area contributed by atoms with Gasteiger partial charge in [0, 0.05) is 17.4 Å². The number of methoxy groups -OCH3 is 1.